The number of halogens is 1. The van der Waals surface area contributed by atoms with Crippen LogP contribution in [0.2, 0.25) is 0 Å². The summed E-state index contributed by atoms with van der Waals surface area (Å²) < 4.78 is 13.8. The number of hydrogen-bond acceptors (Lipinski definition) is 4. The summed E-state index contributed by atoms with van der Waals surface area (Å²) in [6, 6.07) is 13.8. The largest absolute Gasteiger partial charge is 1.00 e. The van der Waals surface area contributed by atoms with Crippen LogP contribution in [0, 0.1) is 6.92 Å². The van der Waals surface area contributed by atoms with Crippen LogP contribution in [0.15, 0.2) is 54.0 Å². The number of nitrogens with one attached hydrogen (secondary N) is 1. The van der Waals surface area contributed by atoms with E-state index in [-0.39, 0.29) is 29.3 Å². The van der Waals surface area contributed by atoms with E-state index < -0.39 is 0 Å². The van der Waals surface area contributed by atoms with Gasteiger partial charge in [0.15, 0.2) is 24.2 Å². The zero-order valence-corrected chi connectivity index (χ0v) is 27.7. The van der Waals surface area contributed by atoms with Crippen molar-refractivity contribution in [3.05, 3.63) is 70.2 Å². The number of carbonyl (C=O) groups is 1. The number of nitrogens with zero attached hydrogens (tertiary/aromatic N) is 1. The van der Waals surface area contributed by atoms with E-state index in [9.17, 15) is 4.79 Å². The van der Waals surface area contributed by atoms with Gasteiger partial charge < -0.3 is 31.8 Å². The number of anilines is 1. The first-order chi connectivity index (χ1) is 19.6. The smallest absolute Gasteiger partial charge is 0.234 e. The van der Waals surface area contributed by atoms with Crippen LogP contribution in [0.3, 0.4) is 0 Å². The molecule has 0 spiro atoms. The molecule has 1 N–H and O–H groups in total. The molecule has 0 unspecified atom stereocenters. The van der Waals surface area contributed by atoms with Crippen molar-refractivity contribution in [1.82, 2.24) is 0 Å². The van der Waals surface area contributed by atoms with Gasteiger partial charge in [-0.25, -0.2) is 0 Å². The van der Waals surface area contributed by atoms with E-state index in [1.807, 2.05) is 36.4 Å². The highest BCUT2D eigenvalue weighted by molar-refractivity contribution is 7.09. The summed E-state index contributed by atoms with van der Waals surface area (Å²) in [6.07, 6.45) is 18.3. The van der Waals surface area contributed by atoms with Gasteiger partial charge >= 0.3 is 0 Å². The Hall–Kier alpha value is -2.38. The molecule has 0 saturated carbocycles. The summed E-state index contributed by atoms with van der Waals surface area (Å²) >= 11 is 1.73. The Balaban J connectivity index is 0.00000588. The second kappa shape index (κ2) is 20.5. The highest BCUT2D eigenvalue weighted by atomic mass is 79.9. The molecule has 3 rings (SSSR count). The van der Waals surface area contributed by atoms with Gasteiger partial charge in [-0.2, -0.15) is 4.57 Å². The number of ether oxygens (including phenoxy) is 2. The molecule has 1 amide bonds. The minimum atomic E-state index is -0.0521. The van der Waals surface area contributed by atoms with Crippen molar-refractivity contribution < 1.29 is 35.8 Å². The Morgan fingerprint density at radius 2 is 1.54 bits per heavy atom. The molecule has 41 heavy (non-hydrogen) atoms. The van der Waals surface area contributed by atoms with Crippen LogP contribution in [0.25, 0.3) is 0 Å². The average Bonchev–Trinajstić information content (AvgIpc) is 3.35. The number of rotatable bonds is 20. The van der Waals surface area contributed by atoms with Crippen molar-refractivity contribution >= 4 is 22.9 Å². The number of methoxy groups -OCH3 is 1. The lowest BCUT2D eigenvalue weighted by Crippen LogP contribution is -3.00. The second-order valence-corrected chi connectivity index (χ2v) is 11.8. The summed E-state index contributed by atoms with van der Waals surface area (Å²) in [6.45, 7) is 5.86. The minimum absolute atomic E-state index is 0. The van der Waals surface area contributed by atoms with Crippen LogP contribution in [-0.4, -0.2) is 19.6 Å². The van der Waals surface area contributed by atoms with Crippen molar-refractivity contribution in [2.75, 3.05) is 19.0 Å². The van der Waals surface area contributed by atoms with Crippen LogP contribution in [0.5, 0.6) is 11.5 Å². The van der Waals surface area contributed by atoms with Gasteiger partial charge in [0, 0.05) is 18.2 Å². The Bertz CT molecular complexity index is 1150. The molecule has 1 heterocycles. The Kier molecular flexibility index (Phi) is 17.4. The maximum atomic E-state index is 12.8. The van der Waals surface area contributed by atoms with E-state index in [1.165, 1.54) is 75.6 Å². The zero-order valence-electron chi connectivity index (χ0n) is 25.3. The van der Waals surface area contributed by atoms with E-state index in [1.54, 1.807) is 18.4 Å². The number of aryl methyl sites for hydroxylation is 1. The molecule has 7 heteroatoms. The van der Waals surface area contributed by atoms with Gasteiger partial charge in [-0.15, -0.1) is 0 Å². The maximum absolute atomic E-state index is 12.8. The van der Waals surface area contributed by atoms with Crippen molar-refractivity contribution in [2.45, 2.75) is 104 Å². The lowest BCUT2D eigenvalue weighted by molar-refractivity contribution is -0.689. The fourth-order valence-corrected chi connectivity index (χ4v) is 5.61. The van der Waals surface area contributed by atoms with Gasteiger partial charge in [-0.05, 0) is 36.2 Å². The van der Waals surface area contributed by atoms with E-state index in [2.05, 4.69) is 41.4 Å². The monoisotopic (exact) mass is 644 g/mol. The number of unbranched alkanes of at least 4 members (excludes halogenated alkanes) is 11. The first-order valence-corrected chi connectivity index (χ1v) is 16.1. The third kappa shape index (κ3) is 13.4. The molecular weight excluding hydrogens is 596 g/mol. The first kappa shape index (κ1) is 34.8. The standard InChI is InChI=1S/C34H48N2O3S.BrH/c1-4-5-6-7-8-9-10-11-12-13-14-15-22-39-32-20-19-29(25-33(32)38-3)26-34(37)35-31-18-16-17-30(24-31)27-36-21-23-40-28(36)2;/h16-21,23-25H,4-15,22,26-27H2,1-3H3;1H. The van der Waals surface area contributed by atoms with Gasteiger partial charge in [0.2, 0.25) is 10.9 Å². The molecule has 3 aromatic rings. The van der Waals surface area contributed by atoms with Gasteiger partial charge in [0.05, 0.1) is 25.5 Å². The number of hydrogen-bond donors (Lipinski definition) is 1. The van der Waals surface area contributed by atoms with E-state index in [0.29, 0.717) is 12.4 Å². The van der Waals surface area contributed by atoms with Crippen molar-refractivity contribution in [3.8, 4) is 11.5 Å². The molecule has 0 fully saturated rings. The van der Waals surface area contributed by atoms with E-state index in [0.717, 1.165) is 35.5 Å². The summed E-state index contributed by atoms with van der Waals surface area (Å²) in [5.41, 5.74) is 2.86. The fourth-order valence-electron chi connectivity index (χ4n) is 4.94. The zero-order chi connectivity index (χ0) is 28.4. The summed E-state index contributed by atoms with van der Waals surface area (Å²) in [4.78, 5) is 12.8. The number of thiazole rings is 1. The molecule has 0 atom stereocenters. The predicted octanol–water partition coefficient (Wildman–Crippen LogP) is 5.67. The number of amides is 1. The second-order valence-electron chi connectivity index (χ2n) is 10.7. The van der Waals surface area contributed by atoms with Crippen molar-refractivity contribution in [3.63, 3.8) is 0 Å². The molecule has 2 aromatic carbocycles. The lowest BCUT2D eigenvalue weighted by Gasteiger charge is -2.12. The van der Waals surface area contributed by atoms with Gasteiger partial charge in [-0.1, -0.05) is 107 Å². The van der Waals surface area contributed by atoms with Crippen LogP contribution >= 0.6 is 11.3 Å². The van der Waals surface area contributed by atoms with Crippen molar-refractivity contribution in [1.29, 1.82) is 0 Å². The molecule has 1 aromatic heterocycles. The number of aromatic nitrogens is 1. The van der Waals surface area contributed by atoms with Gasteiger partial charge in [-0.3, -0.25) is 4.79 Å². The van der Waals surface area contributed by atoms with E-state index in [4.69, 9.17) is 9.47 Å². The van der Waals surface area contributed by atoms with Gasteiger partial charge in [0.1, 0.15) is 0 Å². The number of benzene rings is 2. The quantitative estimate of drug-likeness (QED) is 0.127. The molecule has 0 aliphatic rings. The minimum Gasteiger partial charge on any atom is -1.00 e. The Morgan fingerprint density at radius 1 is 0.854 bits per heavy atom. The van der Waals surface area contributed by atoms with Crippen LogP contribution in [0.4, 0.5) is 5.69 Å². The van der Waals surface area contributed by atoms with Crippen LogP contribution < -0.4 is 36.3 Å². The maximum Gasteiger partial charge on any atom is 0.234 e. The lowest BCUT2D eigenvalue weighted by atomic mass is 10.1. The number of carbonyl (C=O) groups excluding carboxylic acids is 1. The van der Waals surface area contributed by atoms with Crippen LogP contribution in [-0.2, 0) is 17.8 Å². The molecule has 5 nitrogen and oxygen atoms in total. The summed E-state index contributed by atoms with van der Waals surface area (Å²) in [5.74, 6) is 1.36. The molecule has 0 bridgehead atoms. The normalized spacial score (nSPS) is 10.7. The molecule has 226 valence electrons. The SMILES string of the molecule is CCCCCCCCCCCCCCOc1ccc(CC(=O)Nc2cccc(C[n+]3ccsc3C)c2)cc1OC.[Br-]. The third-order valence-electron chi connectivity index (χ3n) is 7.30. The Morgan fingerprint density at radius 3 is 2.17 bits per heavy atom. The van der Waals surface area contributed by atoms with Crippen LogP contribution in [0.1, 0.15) is 100 Å². The average molecular weight is 646 g/mol. The topological polar surface area (TPSA) is 51.4 Å². The third-order valence-corrected chi connectivity index (χ3v) is 8.13. The molecule has 0 radical (unpaired) electrons. The fraction of sp³-hybridized carbons (Fsp3) is 0.529. The van der Waals surface area contributed by atoms with Gasteiger partial charge in [0.25, 0.3) is 0 Å². The Labute approximate surface area is 262 Å². The molecular formula is C34H49BrN2O3S. The first-order valence-electron chi connectivity index (χ1n) is 15.2. The van der Waals surface area contributed by atoms with Crippen molar-refractivity contribution in [2.24, 2.45) is 0 Å². The highest BCUT2D eigenvalue weighted by Gasteiger charge is 2.12. The summed E-state index contributed by atoms with van der Waals surface area (Å²) in [7, 11) is 1.65. The predicted molar refractivity (Wildman–Crippen MR) is 167 cm³/mol. The summed E-state index contributed by atoms with van der Waals surface area (Å²) in [5, 5.41) is 6.38. The molecule has 0 aliphatic carbocycles. The molecule has 0 saturated heterocycles. The highest BCUT2D eigenvalue weighted by Crippen LogP contribution is 2.29. The van der Waals surface area contributed by atoms with E-state index >= 15 is 0 Å². The molecule has 0 aliphatic heterocycles.